The quantitative estimate of drug-likeness (QED) is 0.520. The largest absolute Gasteiger partial charge is 0.396 e. The van der Waals surface area contributed by atoms with E-state index in [2.05, 4.69) is 33.0 Å². The minimum absolute atomic E-state index is 0.0758. The lowest BCUT2D eigenvalue weighted by molar-refractivity contribution is -0.123. The van der Waals surface area contributed by atoms with Crippen LogP contribution in [0.5, 0.6) is 0 Å². The van der Waals surface area contributed by atoms with Crippen LogP contribution in [0.3, 0.4) is 0 Å². The van der Waals surface area contributed by atoms with Gasteiger partial charge in [-0.3, -0.25) is 4.79 Å². The maximum atomic E-state index is 12.0. The predicted molar refractivity (Wildman–Crippen MR) is 94.8 cm³/mol. The summed E-state index contributed by atoms with van der Waals surface area (Å²) in [5.74, 6) is 0.936. The Morgan fingerprint density at radius 1 is 1.00 bits per heavy atom. The number of hydrogen-bond donors (Lipinski definition) is 2. The first-order chi connectivity index (χ1) is 10.1. The number of nitrogens with one attached hydrogen (secondary N) is 1. The Balaban J connectivity index is 3.80. The molecule has 3 heteroatoms. The SMILES string of the molecule is CC(C)CCCCCCNC(=O)CC(C)(C)CC(C)(C)CO. The van der Waals surface area contributed by atoms with Crippen molar-refractivity contribution in [1.82, 2.24) is 5.32 Å². The molecule has 0 saturated carbocycles. The third kappa shape index (κ3) is 12.0. The summed E-state index contributed by atoms with van der Waals surface area (Å²) in [6.45, 7) is 13.8. The van der Waals surface area contributed by atoms with Crippen LogP contribution in [0.25, 0.3) is 0 Å². The molecule has 0 aromatic rings. The third-order valence-corrected chi connectivity index (χ3v) is 4.05. The van der Waals surface area contributed by atoms with E-state index in [0.717, 1.165) is 25.3 Å². The van der Waals surface area contributed by atoms with Crippen molar-refractivity contribution >= 4 is 5.91 Å². The van der Waals surface area contributed by atoms with E-state index in [4.69, 9.17) is 0 Å². The zero-order chi connectivity index (χ0) is 17.2. The van der Waals surface area contributed by atoms with E-state index in [9.17, 15) is 9.90 Å². The van der Waals surface area contributed by atoms with Gasteiger partial charge in [0.25, 0.3) is 0 Å². The Morgan fingerprint density at radius 3 is 2.14 bits per heavy atom. The summed E-state index contributed by atoms with van der Waals surface area (Å²) in [7, 11) is 0. The predicted octanol–water partition coefficient (Wildman–Crippen LogP) is 4.53. The Labute approximate surface area is 138 Å². The first kappa shape index (κ1) is 21.4. The van der Waals surface area contributed by atoms with Crippen molar-refractivity contribution in [3.05, 3.63) is 0 Å². The van der Waals surface area contributed by atoms with Gasteiger partial charge in [0.2, 0.25) is 5.91 Å². The van der Waals surface area contributed by atoms with Gasteiger partial charge in [-0.15, -0.1) is 0 Å². The summed E-state index contributed by atoms with van der Waals surface area (Å²) in [5.41, 5.74) is -0.201. The van der Waals surface area contributed by atoms with Gasteiger partial charge in [-0.2, -0.15) is 0 Å². The monoisotopic (exact) mass is 313 g/mol. The molecule has 0 spiro atoms. The summed E-state index contributed by atoms with van der Waals surface area (Å²) in [6, 6.07) is 0. The number of amides is 1. The van der Waals surface area contributed by atoms with Crippen molar-refractivity contribution in [3.63, 3.8) is 0 Å². The van der Waals surface area contributed by atoms with Crippen LogP contribution in [0.1, 0.15) is 86.5 Å². The normalized spacial score (nSPS) is 12.7. The lowest BCUT2D eigenvalue weighted by Crippen LogP contribution is -2.33. The molecule has 3 nitrogen and oxygen atoms in total. The van der Waals surface area contributed by atoms with E-state index in [0.29, 0.717) is 6.42 Å². The molecule has 132 valence electrons. The van der Waals surface area contributed by atoms with Crippen molar-refractivity contribution in [2.45, 2.75) is 86.5 Å². The van der Waals surface area contributed by atoms with Crippen LogP contribution in [-0.2, 0) is 4.79 Å². The highest BCUT2D eigenvalue weighted by atomic mass is 16.3. The number of carbonyl (C=O) groups is 1. The van der Waals surface area contributed by atoms with Crippen molar-refractivity contribution in [1.29, 1.82) is 0 Å². The highest BCUT2D eigenvalue weighted by Gasteiger charge is 2.30. The van der Waals surface area contributed by atoms with Gasteiger partial charge in [-0.25, -0.2) is 0 Å². The highest BCUT2D eigenvalue weighted by Crippen LogP contribution is 2.35. The molecule has 0 aliphatic rings. The topological polar surface area (TPSA) is 49.3 Å². The number of unbranched alkanes of at least 4 members (excludes halogenated alkanes) is 3. The van der Waals surface area contributed by atoms with Crippen molar-refractivity contribution in [2.75, 3.05) is 13.2 Å². The molecule has 0 atom stereocenters. The van der Waals surface area contributed by atoms with Gasteiger partial charge in [0.05, 0.1) is 0 Å². The molecule has 0 aliphatic heterocycles. The maximum Gasteiger partial charge on any atom is 0.220 e. The van der Waals surface area contributed by atoms with Gasteiger partial charge in [-0.1, -0.05) is 67.2 Å². The molecule has 0 aliphatic carbocycles. The van der Waals surface area contributed by atoms with Crippen LogP contribution in [-0.4, -0.2) is 24.2 Å². The smallest absolute Gasteiger partial charge is 0.220 e. The molecule has 0 bridgehead atoms. The van der Waals surface area contributed by atoms with Gasteiger partial charge in [0, 0.05) is 19.6 Å². The standard InChI is InChI=1S/C19H39NO2/c1-16(2)11-9-7-8-10-12-20-17(22)13-18(3,4)14-19(5,6)15-21/h16,21H,7-15H2,1-6H3,(H,20,22). The van der Waals surface area contributed by atoms with E-state index in [1.807, 2.05) is 13.8 Å². The number of carbonyl (C=O) groups excluding carboxylic acids is 1. The van der Waals surface area contributed by atoms with E-state index in [-0.39, 0.29) is 23.3 Å². The lowest BCUT2D eigenvalue weighted by atomic mass is 9.73. The molecule has 0 saturated heterocycles. The van der Waals surface area contributed by atoms with Gasteiger partial charge < -0.3 is 10.4 Å². The zero-order valence-electron chi connectivity index (χ0n) is 15.8. The molecule has 0 rings (SSSR count). The van der Waals surface area contributed by atoms with Gasteiger partial charge in [0.1, 0.15) is 0 Å². The van der Waals surface area contributed by atoms with Crippen molar-refractivity contribution in [2.24, 2.45) is 16.7 Å². The zero-order valence-corrected chi connectivity index (χ0v) is 15.8. The Kier molecular flexibility index (Phi) is 9.99. The van der Waals surface area contributed by atoms with Crippen LogP contribution in [0.15, 0.2) is 0 Å². The molecule has 0 unspecified atom stereocenters. The van der Waals surface area contributed by atoms with Gasteiger partial charge in [-0.05, 0) is 29.6 Å². The number of aliphatic hydroxyl groups is 1. The molecule has 0 aromatic carbocycles. The average molecular weight is 314 g/mol. The molecule has 2 N–H and O–H groups in total. The van der Waals surface area contributed by atoms with Gasteiger partial charge in [0.15, 0.2) is 0 Å². The molecule has 1 amide bonds. The van der Waals surface area contributed by atoms with E-state index >= 15 is 0 Å². The molecule has 0 fully saturated rings. The second kappa shape index (κ2) is 10.3. The fourth-order valence-corrected chi connectivity index (χ4v) is 3.17. The number of hydrogen-bond acceptors (Lipinski definition) is 2. The summed E-state index contributed by atoms with van der Waals surface area (Å²) in [4.78, 5) is 12.0. The highest BCUT2D eigenvalue weighted by molar-refractivity contribution is 5.76. The van der Waals surface area contributed by atoms with Crippen LogP contribution in [0.2, 0.25) is 0 Å². The minimum atomic E-state index is -0.125. The molecule has 22 heavy (non-hydrogen) atoms. The van der Waals surface area contributed by atoms with Crippen LogP contribution in [0, 0.1) is 16.7 Å². The average Bonchev–Trinajstić information content (AvgIpc) is 2.35. The second-order valence-corrected chi connectivity index (χ2v) is 8.79. The lowest BCUT2D eigenvalue weighted by Gasteiger charge is -2.33. The summed E-state index contributed by atoms with van der Waals surface area (Å²) < 4.78 is 0. The first-order valence-electron chi connectivity index (χ1n) is 8.95. The number of rotatable bonds is 12. The number of aliphatic hydroxyl groups excluding tert-OH is 1. The molecule has 0 heterocycles. The van der Waals surface area contributed by atoms with Crippen LogP contribution >= 0.6 is 0 Å². The Morgan fingerprint density at radius 2 is 1.59 bits per heavy atom. The maximum absolute atomic E-state index is 12.0. The third-order valence-electron chi connectivity index (χ3n) is 4.05. The summed E-state index contributed by atoms with van der Waals surface area (Å²) in [6.07, 6.45) is 7.53. The van der Waals surface area contributed by atoms with Crippen molar-refractivity contribution < 1.29 is 9.90 Å². The van der Waals surface area contributed by atoms with Crippen molar-refractivity contribution in [3.8, 4) is 0 Å². The fraction of sp³-hybridized carbons (Fsp3) is 0.947. The second-order valence-electron chi connectivity index (χ2n) is 8.79. The van der Waals surface area contributed by atoms with E-state index in [1.54, 1.807) is 0 Å². The molecule has 0 aromatic heterocycles. The van der Waals surface area contributed by atoms with E-state index in [1.165, 1.54) is 25.7 Å². The minimum Gasteiger partial charge on any atom is -0.396 e. The van der Waals surface area contributed by atoms with Crippen LogP contribution in [0.4, 0.5) is 0 Å². The fourth-order valence-electron chi connectivity index (χ4n) is 3.17. The Hall–Kier alpha value is -0.570. The Bertz CT molecular complexity index is 309. The molecular formula is C19H39NO2. The van der Waals surface area contributed by atoms with E-state index < -0.39 is 0 Å². The van der Waals surface area contributed by atoms with Crippen LogP contribution < -0.4 is 5.32 Å². The summed E-state index contributed by atoms with van der Waals surface area (Å²) in [5, 5.41) is 12.4. The molecule has 0 radical (unpaired) electrons. The van der Waals surface area contributed by atoms with Gasteiger partial charge >= 0.3 is 0 Å². The first-order valence-corrected chi connectivity index (χ1v) is 8.95. The summed E-state index contributed by atoms with van der Waals surface area (Å²) >= 11 is 0. The molecular weight excluding hydrogens is 274 g/mol.